The van der Waals surface area contributed by atoms with Gasteiger partial charge in [0, 0.05) is 37.0 Å². The number of aryl methyl sites for hydroxylation is 2. The van der Waals surface area contributed by atoms with Crippen LogP contribution in [0, 0.1) is 13.8 Å². The lowest BCUT2D eigenvalue weighted by molar-refractivity contribution is 0.0436. The zero-order chi connectivity index (χ0) is 16.4. The number of hydrogen-bond donors (Lipinski definition) is 1. The average Bonchev–Trinajstić information content (AvgIpc) is 2.52. The van der Waals surface area contributed by atoms with Crippen LogP contribution < -0.4 is 10.1 Å². The van der Waals surface area contributed by atoms with Crippen molar-refractivity contribution >= 4 is 0 Å². The van der Waals surface area contributed by atoms with Gasteiger partial charge in [0.15, 0.2) is 0 Å². The fourth-order valence-electron chi connectivity index (χ4n) is 3.44. The lowest BCUT2D eigenvalue weighted by Crippen LogP contribution is -2.41. The standard InChI is InChI=1S/C20H26N2O/c1-5-20(4)12-17(22-13-16-6-8-21-9-7-16)19-15(3)10-14(2)11-18(19)23-20/h6-11,17,22H,5,12-13H2,1-4H3. The van der Waals surface area contributed by atoms with E-state index in [9.17, 15) is 0 Å². The van der Waals surface area contributed by atoms with E-state index >= 15 is 0 Å². The number of aromatic nitrogens is 1. The average molecular weight is 310 g/mol. The summed E-state index contributed by atoms with van der Waals surface area (Å²) in [7, 11) is 0. The molecule has 0 spiro atoms. The molecule has 1 aromatic carbocycles. The molecule has 1 aliphatic heterocycles. The van der Waals surface area contributed by atoms with Gasteiger partial charge in [-0.25, -0.2) is 0 Å². The Morgan fingerprint density at radius 3 is 2.70 bits per heavy atom. The molecule has 2 unspecified atom stereocenters. The molecule has 0 aliphatic carbocycles. The Labute approximate surface area is 139 Å². The highest BCUT2D eigenvalue weighted by molar-refractivity contribution is 5.47. The number of nitrogens with zero attached hydrogens (tertiary/aromatic N) is 1. The van der Waals surface area contributed by atoms with Crippen molar-refractivity contribution in [3.05, 3.63) is 58.9 Å². The minimum absolute atomic E-state index is 0.108. The second-order valence-corrected chi connectivity index (χ2v) is 6.89. The van der Waals surface area contributed by atoms with Gasteiger partial charge in [-0.05, 0) is 62.1 Å². The van der Waals surface area contributed by atoms with Gasteiger partial charge in [-0.2, -0.15) is 0 Å². The van der Waals surface area contributed by atoms with Crippen molar-refractivity contribution in [1.82, 2.24) is 10.3 Å². The third-order valence-electron chi connectivity index (χ3n) is 4.88. The molecular formula is C20H26N2O. The van der Waals surface area contributed by atoms with Crippen molar-refractivity contribution in [3.8, 4) is 5.75 Å². The van der Waals surface area contributed by atoms with Crippen LogP contribution >= 0.6 is 0 Å². The van der Waals surface area contributed by atoms with E-state index in [0.717, 1.165) is 25.1 Å². The summed E-state index contributed by atoms with van der Waals surface area (Å²) in [6.45, 7) is 9.58. The lowest BCUT2D eigenvalue weighted by Gasteiger charge is -2.41. The molecule has 1 aliphatic rings. The Bertz CT molecular complexity index is 684. The maximum atomic E-state index is 6.36. The molecule has 3 heteroatoms. The normalized spacial score (nSPS) is 23.2. The van der Waals surface area contributed by atoms with Gasteiger partial charge < -0.3 is 10.1 Å². The van der Waals surface area contributed by atoms with Crippen molar-refractivity contribution in [1.29, 1.82) is 0 Å². The molecule has 1 N–H and O–H groups in total. The monoisotopic (exact) mass is 310 g/mol. The first-order valence-electron chi connectivity index (χ1n) is 8.43. The summed E-state index contributed by atoms with van der Waals surface area (Å²) in [4.78, 5) is 4.09. The third kappa shape index (κ3) is 3.40. The maximum Gasteiger partial charge on any atom is 0.125 e. The first kappa shape index (κ1) is 16.0. The molecule has 0 radical (unpaired) electrons. The second-order valence-electron chi connectivity index (χ2n) is 6.89. The highest BCUT2D eigenvalue weighted by atomic mass is 16.5. The van der Waals surface area contributed by atoms with Crippen molar-refractivity contribution in [2.24, 2.45) is 0 Å². The van der Waals surface area contributed by atoms with Crippen LogP contribution in [0.4, 0.5) is 0 Å². The van der Waals surface area contributed by atoms with Crippen LogP contribution in [0.5, 0.6) is 5.75 Å². The summed E-state index contributed by atoms with van der Waals surface area (Å²) < 4.78 is 6.36. The highest BCUT2D eigenvalue weighted by Gasteiger charge is 2.36. The molecular weight excluding hydrogens is 284 g/mol. The zero-order valence-corrected chi connectivity index (χ0v) is 14.5. The molecule has 23 heavy (non-hydrogen) atoms. The Hall–Kier alpha value is -1.87. The first-order chi connectivity index (χ1) is 11.0. The molecule has 122 valence electrons. The van der Waals surface area contributed by atoms with E-state index in [2.05, 4.69) is 62.3 Å². The smallest absolute Gasteiger partial charge is 0.125 e. The SMILES string of the molecule is CCC1(C)CC(NCc2ccncc2)c2c(C)cc(C)cc2O1. The van der Waals surface area contributed by atoms with Crippen molar-refractivity contribution in [2.75, 3.05) is 0 Å². The zero-order valence-electron chi connectivity index (χ0n) is 14.5. The van der Waals surface area contributed by atoms with Gasteiger partial charge in [0.05, 0.1) is 0 Å². The molecule has 3 nitrogen and oxygen atoms in total. The van der Waals surface area contributed by atoms with Gasteiger partial charge in [-0.15, -0.1) is 0 Å². The summed E-state index contributed by atoms with van der Waals surface area (Å²) in [5.74, 6) is 1.05. The number of ether oxygens (including phenoxy) is 1. The topological polar surface area (TPSA) is 34.2 Å². The number of benzene rings is 1. The molecule has 0 saturated carbocycles. The van der Waals surface area contributed by atoms with Gasteiger partial charge in [0.1, 0.15) is 11.4 Å². The molecule has 2 heterocycles. The van der Waals surface area contributed by atoms with Crippen LogP contribution in [0.15, 0.2) is 36.7 Å². The van der Waals surface area contributed by atoms with Crippen molar-refractivity contribution in [3.63, 3.8) is 0 Å². The van der Waals surface area contributed by atoms with E-state index in [4.69, 9.17) is 4.74 Å². The van der Waals surface area contributed by atoms with Gasteiger partial charge in [0.2, 0.25) is 0 Å². The van der Waals surface area contributed by atoms with E-state index < -0.39 is 0 Å². The van der Waals surface area contributed by atoms with Gasteiger partial charge >= 0.3 is 0 Å². The molecule has 3 rings (SSSR count). The van der Waals surface area contributed by atoms with Crippen LogP contribution in [-0.2, 0) is 6.54 Å². The molecule has 0 fully saturated rings. The highest BCUT2D eigenvalue weighted by Crippen LogP contribution is 2.43. The quantitative estimate of drug-likeness (QED) is 0.904. The van der Waals surface area contributed by atoms with Gasteiger partial charge in [0.25, 0.3) is 0 Å². The predicted molar refractivity (Wildman–Crippen MR) is 93.7 cm³/mol. The number of rotatable bonds is 4. The van der Waals surface area contributed by atoms with Crippen molar-refractivity contribution in [2.45, 2.75) is 58.7 Å². The van der Waals surface area contributed by atoms with Crippen LogP contribution in [-0.4, -0.2) is 10.6 Å². The second kappa shape index (κ2) is 6.32. The largest absolute Gasteiger partial charge is 0.487 e. The van der Waals surface area contributed by atoms with E-state index in [1.54, 1.807) is 0 Å². The summed E-state index contributed by atoms with van der Waals surface area (Å²) in [5.41, 5.74) is 5.04. The third-order valence-corrected chi connectivity index (χ3v) is 4.88. The molecule has 2 atom stereocenters. The van der Waals surface area contributed by atoms with Gasteiger partial charge in [-0.1, -0.05) is 13.0 Å². The van der Waals surface area contributed by atoms with Crippen molar-refractivity contribution < 1.29 is 4.74 Å². The molecule has 0 bridgehead atoms. The number of pyridine rings is 1. The van der Waals surface area contributed by atoms with E-state index in [0.29, 0.717) is 6.04 Å². The predicted octanol–water partition coefficient (Wildman–Crippen LogP) is 4.48. The van der Waals surface area contributed by atoms with Crippen LogP contribution in [0.1, 0.15) is 55.0 Å². The minimum atomic E-state index is -0.108. The number of hydrogen-bond acceptors (Lipinski definition) is 3. The molecule has 0 saturated heterocycles. The van der Waals surface area contributed by atoms with E-state index in [1.165, 1.54) is 22.3 Å². The minimum Gasteiger partial charge on any atom is -0.487 e. The van der Waals surface area contributed by atoms with E-state index in [1.807, 2.05) is 12.4 Å². The Kier molecular flexibility index (Phi) is 4.40. The lowest BCUT2D eigenvalue weighted by atomic mass is 9.84. The molecule has 2 aromatic rings. The van der Waals surface area contributed by atoms with Crippen LogP contribution in [0.3, 0.4) is 0 Å². The van der Waals surface area contributed by atoms with Gasteiger partial charge in [-0.3, -0.25) is 4.98 Å². The molecule has 1 aromatic heterocycles. The fraction of sp³-hybridized carbons (Fsp3) is 0.450. The first-order valence-corrected chi connectivity index (χ1v) is 8.43. The van der Waals surface area contributed by atoms with E-state index in [-0.39, 0.29) is 5.60 Å². The fourth-order valence-corrected chi connectivity index (χ4v) is 3.44. The Morgan fingerprint density at radius 1 is 1.26 bits per heavy atom. The Balaban J connectivity index is 1.90. The summed E-state index contributed by atoms with van der Waals surface area (Å²) in [5, 5.41) is 3.74. The summed E-state index contributed by atoms with van der Waals surface area (Å²) in [6, 6.07) is 8.87. The summed E-state index contributed by atoms with van der Waals surface area (Å²) >= 11 is 0. The number of fused-ring (bicyclic) bond motifs is 1. The summed E-state index contributed by atoms with van der Waals surface area (Å²) in [6.07, 6.45) is 5.69. The maximum absolute atomic E-state index is 6.36. The Morgan fingerprint density at radius 2 is 2.00 bits per heavy atom. The molecule has 0 amide bonds. The van der Waals surface area contributed by atoms with Crippen LogP contribution in [0.2, 0.25) is 0 Å². The number of nitrogens with one attached hydrogen (secondary N) is 1. The van der Waals surface area contributed by atoms with Crippen LogP contribution in [0.25, 0.3) is 0 Å².